The van der Waals surface area contributed by atoms with Crippen molar-refractivity contribution in [2.45, 2.75) is 18.9 Å². The van der Waals surface area contributed by atoms with Crippen LogP contribution in [0.25, 0.3) is 0 Å². The zero-order valence-corrected chi connectivity index (χ0v) is 14.9. The molecule has 9 heteroatoms. The van der Waals surface area contributed by atoms with Crippen molar-refractivity contribution in [3.63, 3.8) is 0 Å². The summed E-state index contributed by atoms with van der Waals surface area (Å²) in [5.41, 5.74) is 0. The minimum absolute atomic E-state index is 0. The fourth-order valence-corrected chi connectivity index (χ4v) is 2.37. The van der Waals surface area contributed by atoms with Crippen molar-refractivity contribution < 1.29 is 4.79 Å². The fraction of sp³-hybridized carbons (Fsp3) is 0.500. The minimum Gasteiger partial charge on any atom is -0.369 e. The lowest BCUT2D eigenvalue weighted by Gasteiger charge is -2.19. The van der Waals surface area contributed by atoms with Crippen LogP contribution in [0.3, 0.4) is 0 Å². The Morgan fingerprint density at radius 3 is 2.87 bits per heavy atom. The van der Waals surface area contributed by atoms with E-state index in [2.05, 4.69) is 21.7 Å². The Labute approximate surface area is 153 Å². The Bertz CT molecular complexity index is 520. The monoisotopic (exact) mass is 379 g/mol. The molecule has 1 atom stereocenters. The Balaban J connectivity index is 0.00000242. The number of nitrogens with zero attached hydrogens (tertiary/aromatic N) is 3. The van der Waals surface area contributed by atoms with Crippen molar-refractivity contribution in [3.05, 3.63) is 23.4 Å². The molecule has 1 amide bonds. The lowest BCUT2D eigenvalue weighted by Crippen LogP contribution is -2.41. The third kappa shape index (κ3) is 6.80. The van der Waals surface area contributed by atoms with Gasteiger partial charge in [0.2, 0.25) is 5.91 Å². The highest BCUT2D eigenvalue weighted by molar-refractivity contribution is 6.30. The van der Waals surface area contributed by atoms with E-state index in [-0.39, 0.29) is 43.3 Å². The van der Waals surface area contributed by atoms with E-state index in [1.807, 2.05) is 0 Å². The number of rotatable bonds is 6. The van der Waals surface area contributed by atoms with Gasteiger partial charge in [-0.1, -0.05) is 11.6 Å². The standard InChI is InChI=1S/C14H18ClN5O.2ClH/c15-11-3-4-13(19-9-11)18-6-5-17-10-14(21)20-7-1-2-12(20)8-16;;/h3-4,9,12,17H,1-2,5-7,10H2,(H,18,19);2*1H/t12-;;/m0../s1. The van der Waals surface area contributed by atoms with Crippen LogP contribution in [0.2, 0.25) is 5.02 Å². The predicted molar refractivity (Wildman–Crippen MR) is 95.5 cm³/mol. The van der Waals surface area contributed by atoms with Crippen molar-refractivity contribution in [1.29, 1.82) is 5.26 Å². The second-order valence-electron chi connectivity index (χ2n) is 4.84. The number of nitriles is 1. The third-order valence-corrected chi connectivity index (χ3v) is 3.56. The van der Waals surface area contributed by atoms with Crippen LogP contribution in [0, 0.1) is 11.3 Å². The zero-order valence-electron chi connectivity index (χ0n) is 12.5. The van der Waals surface area contributed by atoms with Gasteiger partial charge in [-0.3, -0.25) is 4.79 Å². The van der Waals surface area contributed by atoms with Crippen molar-refractivity contribution in [3.8, 4) is 6.07 Å². The highest BCUT2D eigenvalue weighted by Crippen LogP contribution is 2.15. The van der Waals surface area contributed by atoms with Crippen LogP contribution >= 0.6 is 36.4 Å². The number of carbonyl (C=O) groups is 1. The molecule has 0 spiro atoms. The molecule has 0 bridgehead atoms. The first-order valence-corrected chi connectivity index (χ1v) is 7.34. The van der Waals surface area contributed by atoms with Crippen LogP contribution in [-0.2, 0) is 4.79 Å². The first-order valence-electron chi connectivity index (χ1n) is 6.96. The van der Waals surface area contributed by atoms with Crippen LogP contribution < -0.4 is 10.6 Å². The largest absolute Gasteiger partial charge is 0.369 e. The average molecular weight is 381 g/mol. The maximum atomic E-state index is 12.0. The molecule has 2 N–H and O–H groups in total. The normalized spacial score (nSPS) is 16.0. The molecular formula is C14H20Cl3N5O. The maximum Gasteiger partial charge on any atom is 0.237 e. The molecule has 2 heterocycles. The number of likely N-dealkylation sites (tertiary alicyclic amines) is 1. The van der Waals surface area contributed by atoms with Gasteiger partial charge >= 0.3 is 0 Å². The van der Waals surface area contributed by atoms with Gasteiger partial charge in [0.25, 0.3) is 0 Å². The molecule has 6 nitrogen and oxygen atoms in total. The first kappa shape index (κ1) is 21.7. The molecule has 1 fully saturated rings. The third-order valence-electron chi connectivity index (χ3n) is 3.33. The Morgan fingerprint density at radius 2 is 2.22 bits per heavy atom. The highest BCUT2D eigenvalue weighted by atomic mass is 35.5. The number of carbonyl (C=O) groups excluding carboxylic acids is 1. The van der Waals surface area contributed by atoms with Crippen molar-refractivity contribution in [2.24, 2.45) is 0 Å². The number of anilines is 1. The van der Waals surface area contributed by atoms with Gasteiger partial charge in [0.1, 0.15) is 11.9 Å². The second kappa shape index (κ2) is 11.3. The van der Waals surface area contributed by atoms with Gasteiger partial charge < -0.3 is 15.5 Å². The summed E-state index contributed by atoms with van der Waals surface area (Å²) in [6.45, 7) is 2.24. The molecule has 0 aliphatic carbocycles. The van der Waals surface area contributed by atoms with E-state index in [1.165, 1.54) is 0 Å². The molecule has 0 unspecified atom stereocenters. The van der Waals surface area contributed by atoms with Crippen molar-refractivity contribution in [2.75, 3.05) is 31.5 Å². The van der Waals surface area contributed by atoms with E-state index in [0.29, 0.717) is 24.7 Å². The van der Waals surface area contributed by atoms with E-state index in [9.17, 15) is 4.79 Å². The number of aromatic nitrogens is 1. The summed E-state index contributed by atoms with van der Waals surface area (Å²) in [6.07, 6.45) is 3.27. The lowest BCUT2D eigenvalue weighted by molar-refractivity contribution is -0.130. The van der Waals surface area contributed by atoms with Gasteiger partial charge in [0.15, 0.2) is 0 Å². The zero-order chi connectivity index (χ0) is 15.1. The number of halogens is 3. The van der Waals surface area contributed by atoms with E-state index in [1.54, 1.807) is 23.2 Å². The molecule has 2 rings (SSSR count). The molecule has 23 heavy (non-hydrogen) atoms. The van der Waals surface area contributed by atoms with Crippen LogP contribution in [0.4, 0.5) is 5.82 Å². The number of hydrogen-bond donors (Lipinski definition) is 2. The summed E-state index contributed by atoms with van der Waals surface area (Å²) in [5.74, 6) is 0.736. The fourth-order valence-electron chi connectivity index (χ4n) is 2.26. The van der Waals surface area contributed by atoms with E-state index in [4.69, 9.17) is 16.9 Å². The van der Waals surface area contributed by atoms with E-state index in [0.717, 1.165) is 18.7 Å². The van der Waals surface area contributed by atoms with Gasteiger partial charge in [-0.2, -0.15) is 5.26 Å². The smallest absolute Gasteiger partial charge is 0.237 e. The number of hydrogen-bond acceptors (Lipinski definition) is 5. The SMILES string of the molecule is Cl.Cl.N#C[C@@H]1CCCN1C(=O)CNCCNc1ccc(Cl)cn1. The molecule has 0 saturated carbocycles. The van der Waals surface area contributed by atoms with E-state index >= 15 is 0 Å². The summed E-state index contributed by atoms with van der Waals surface area (Å²) in [6, 6.07) is 5.48. The summed E-state index contributed by atoms with van der Waals surface area (Å²) < 4.78 is 0. The summed E-state index contributed by atoms with van der Waals surface area (Å²) >= 11 is 5.75. The molecule has 1 aliphatic heterocycles. The van der Waals surface area contributed by atoms with Gasteiger partial charge in [-0.25, -0.2) is 4.98 Å². The Hall–Kier alpha value is -1.26. The number of amides is 1. The predicted octanol–water partition coefficient (Wildman–Crippen LogP) is 2.09. The summed E-state index contributed by atoms with van der Waals surface area (Å²) in [4.78, 5) is 17.7. The van der Waals surface area contributed by atoms with Gasteiger partial charge in [0.05, 0.1) is 17.6 Å². The van der Waals surface area contributed by atoms with Gasteiger partial charge in [-0.15, -0.1) is 24.8 Å². The van der Waals surface area contributed by atoms with Crippen LogP contribution in [-0.4, -0.2) is 48.0 Å². The minimum atomic E-state index is -0.254. The van der Waals surface area contributed by atoms with Crippen LogP contribution in [0.15, 0.2) is 18.3 Å². The molecule has 1 aromatic heterocycles. The molecule has 0 radical (unpaired) electrons. The van der Waals surface area contributed by atoms with Crippen LogP contribution in [0.5, 0.6) is 0 Å². The molecule has 1 saturated heterocycles. The van der Waals surface area contributed by atoms with Gasteiger partial charge in [0, 0.05) is 25.8 Å². The number of pyridine rings is 1. The lowest BCUT2D eigenvalue weighted by atomic mass is 10.2. The summed E-state index contributed by atoms with van der Waals surface area (Å²) in [5, 5.41) is 15.7. The van der Waals surface area contributed by atoms with Crippen LogP contribution in [0.1, 0.15) is 12.8 Å². The quantitative estimate of drug-likeness (QED) is 0.739. The number of nitrogens with one attached hydrogen (secondary N) is 2. The average Bonchev–Trinajstić information content (AvgIpc) is 2.97. The topological polar surface area (TPSA) is 81.0 Å². The Morgan fingerprint density at radius 1 is 1.43 bits per heavy atom. The van der Waals surface area contributed by atoms with Crippen molar-refractivity contribution in [1.82, 2.24) is 15.2 Å². The maximum absolute atomic E-state index is 12.0. The van der Waals surface area contributed by atoms with Gasteiger partial charge in [-0.05, 0) is 25.0 Å². The highest BCUT2D eigenvalue weighted by Gasteiger charge is 2.27. The first-order chi connectivity index (χ1) is 10.2. The summed E-state index contributed by atoms with van der Waals surface area (Å²) in [7, 11) is 0. The van der Waals surface area contributed by atoms with Crippen molar-refractivity contribution >= 4 is 48.1 Å². The van der Waals surface area contributed by atoms with E-state index < -0.39 is 0 Å². The molecule has 1 aliphatic rings. The molecule has 0 aromatic carbocycles. The molecule has 1 aromatic rings. The second-order valence-corrected chi connectivity index (χ2v) is 5.28. The molecule has 128 valence electrons. The Kier molecular flexibility index (Phi) is 10.7. The molecular weight excluding hydrogens is 361 g/mol.